The average Bonchev–Trinajstić information content (AvgIpc) is 2.28. The molecule has 0 heterocycles. The topological polar surface area (TPSA) is 69.4 Å². The molecular formula is C13H17NO3S. The fourth-order valence-corrected chi connectivity index (χ4v) is 2.02. The highest BCUT2D eigenvalue weighted by atomic mass is 32.2. The number of ether oxygens (including phenoxy) is 1. The zero-order valence-electron chi connectivity index (χ0n) is 10.7. The first kappa shape index (κ1) is 14.6. The standard InChI is InChI=1S/C13H17NO3S/c1-4-5-8-17-13-7-6-11(18(14,15)16)9-12(13)10(2)3/h6-7,9-10H,8H2,1-3H3,(H2,14,15,16). The van der Waals surface area contributed by atoms with Crippen LogP contribution in [0.4, 0.5) is 0 Å². The van der Waals surface area contributed by atoms with Crippen molar-refractivity contribution in [1.29, 1.82) is 0 Å². The zero-order valence-corrected chi connectivity index (χ0v) is 11.5. The summed E-state index contributed by atoms with van der Waals surface area (Å²) in [4.78, 5) is 0.0973. The number of hydrogen-bond acceptors (Lipinski definition) is 3. The Hall–Kier alpha value is -1.51. The molecule has 4 nitrogen and oxygen atoms in total. The van der Waals surface area contributed by atoms with Gasteiger partial charge in [0.2, 0.25) is 10.0 Å². The third-order valence-electron chi connectivity index (χ3n) is 2.41. The van der Waals surface area contributed by atoms with Crippen LogP contribution in [0.15, 0.2) is 23.1 Å². The van der Waals surface area contributed by atoms with E-state index in [1.807, 2.05) is 13.8 Å². The van der Waals surface area contributed by atoms with Crippen LogP contribution in [0, 0.1) is 11.8 Å². The number of rotatable bonds is 4. The molecule has 1 aromatic rings. The number of nitrogens with two attached hydrogens (primary N) is 1. The normalized spacial score (nSPS) is 10.9. The lowest BCUT2D eigenvalue weighted by molar-refractivity contribution is 0.364. The maximum Gasteiger partial charge on any atom is 0.238 e. The second-order valence-electron chi connectivity index (χ2n) is 4.11. The van der Waals surface area contributed by atoms with Crippen LogP contribution in [0.5, 0.6) is 5.75 Å². The minimum atomic E-state index is -3.68. The van der Waals surface area contributed by atoms with Gasteiger partial charge < -0.3 is 4.74 Å². The fraction of sp³-hybridized carbons (Fsp3) is 0.385. The lowest BCUT2D eigenvalue weighted by Crippen LogP contribution is -2.13. The van der Waals surface area contributed by atoms with Crippen molar-refractivity contribution in [2.45, 2.75) is 31.6 Å². The summed E-state index contributed by atoms with van der Waals surface area (Å²) in [6, 6.07) is 4.61. The second kappa shape index (κ2) is 5.89. The molecule has 0 unspecified atom stereocenters. The molecule has 98 valence electrons. The van der Waals surface area contributed by atoms with E-state index in [9.17, 15) is 8.42 Å². The smallest absolute Gasteiger partial charge is 0.238 e. The fourth-order valence-electron chi connectivity index (χ4n) is 1.47. The van der Waals surface area contributed by atoms with E-state index in [0.29, 0.717) is 5.75 Å². The summed E-state index contributed by atoms with van der Waals surface area (Å²) in [5.41, 5.74) is 0.805. The molecule has 5 heteroatoms. The monoisotopic (exact) mass is 267 g/mol. The van der Waals surface area contributed by atoms with Crippen LogP contribution in [0.3, 0.4) is 0 Å². The molecule has 0 aliphatic rings. The van der Waals surface area contributed by atoms with Crippen LogP contribution in [0.1, 0.15) is 32.3 Å². The molecule has 1 aromatic carbocycles. The Morgan fingerprint density at radius 2 is 2.06 bits per heavy atom. The van der Waals surface area contributed by atoms with Gasteiger partial charge >= 0.3 is 0 Å². The van der Waals surface area contributed by atoms with Crippen molar-refractivity contribution in [2.24, 2.45) is 5.14 Å². The van der Waals surface area contributed by atoms with Crippen LogP contribution in [-0.2, 0) is 10.0 Å². The Bertz CT molecular complexity index is 580. The van der Waals surface area contributed by atoms with Gasteiger partial charge in [-0.3, -0.25) is 0 Å². The highest BCUT2D eigenvalue weighted by Gasteiger charge is 2.14. The van der Waals surface area contributed by atoms with Crippen molar-refractivity contribution in [3.8, 4) is 17.6 Å². The van der Waals surface area contributed by atoms with Crippen LogP contribution in [-0.4, -0.2) is 15.0 Å². The molecule has 18 heavy (non-hydrogen) atoms. The predicted molar refractivity (Wildman–Crippen MR) is 70.8 cm³/mol. The Morgan fingerprint density at radius 1 is 1.39 bits per heavy atom. The predicted octanol–water partition coefficient (Wildman–Crippen LogP) is 1.86. The molecule has 0 bridgehead atoms. The Morgan fingerprint density at radius 3 is 2.56 bits per heavy atom. The highest BCUT2D eigenvalue weighted by molar-refractivity contribution is 7.89. The van der Waals surface area contributed by atoms with Crippen LogP contribution in [0.2, 0.25) is 0 Å². The molecule has 2 N–H and O–H groups in total. The highest BCUT2D eigenvalue weighted by Crippen LogP contribution is 2.28. The van der Waals surface area contributed by atoms with Crippen molar-refractivity contribution in [1.82, 2.24) is 0 Å². The summed E-state index contributed by atoms with van der Waals surface area (Å²) in [6.07, 6.45) is 0. The third kappa shape index (κ3) is 3.76. The SMILES string of the molecule is CC#CCOc1ccc(S(N)(=O)=O)cc1C(C)C. The summed E-state index contributed by atoms with van der Waals surface area (Å²) in [5.74, 6) is 6.30. The molecule has 0 aromatic heterocycles. The van der Waals surface area contributed by atoms with Gasteiger partial charge in [0.25, 0.3) is 0 Å². The molecule has 0 atom stereocenters. The minimum Gasteiger partial charge on any atom is -0.481 e. The van der Waals surface area contributed by atoms with E-state index < -0.39 is 10.0 Å². The van der Waals surface area contributed by atoms with Gasteiger partial charge in [-0.1, -0.05) is 19.8 Å². The van der Waals surface area contributed by atoms with Gasteiger partial charge in [-0.25, -0.2) is 13.6 Å². The van der Waals surface area contributed by atoms with Crippen molar-refractivity contribution in [3.63, 3.8) is 0 Å². The zero-order chi connectivity index (χ0) is 13.8. The number of sulfonamides is 1. The lowest BCUT2D eigenvalue weighted by Gasteiger charge is -2.13. The minimum absolute atomic E-state index is 0.0973. The first-order valence-electron chi connectivity index (χ1n) is 5.55. The van der Waals surface area contributed by atoms with E-state index >= 15 is 0 Å². The summed E-state index contributed by atoms with van der Waals surface area (Å²) >= 11 is 0. The van der Waals surface area contributed by atoms with Gasteiger partial charge in [0, 0.05) is 0 Å². The number of primary sulfonamides is 1. The van der Waals surface area contributed by atoms with E-state index in [2.05, 4.69) is 11.8 Å². The quantitative estimate of drug-likeness (QED) is 0.846. The first-order valence-corrected chi connectivity index (χ1v) is 7.10. The van der Waals surface area contributed by atoms with Crippen LogP contribution >= 0.6 is 0 Å². The largest absolute Gasteiger partial charge is 0.481 e. The molecule has 0 fully saturated rings. The molecule has 0 aliphatic heterocycles. The lowest BCUT2D eigenvalue weighted by atomic mass is 10.0. The van der Waals surface area contributed by atoms with E-state index in [1.165, 1.54) is 6.07 Å². The first-order chi connectivity index (χ1) is 8.36. The van der Waals surface area contributed by atoms with E-state index in [4.69, 9.17) is 9.88 Å². The molecule has 0 amide bonds. The molecule has 0 radical (unpaired) electrons. The van der Waals surface area contributed by atoms with Gasteiger partial charge in [-0.15, -0.1) is 5.92 Å². The summed E-state index contributed by atoms with van der Waals surface area (Å²) in [7, 11) is -3.68. The summed E-state index contributed by atoms with van der Waals surface area (Å²) in [5, 5.41) is 5.11. The van der Waals surface area contributed by atoms with E-state index in [1.54, 1.807) is 19.1 Å². The van der Waals surface area contributed by atoms with Gasteiger partial charge in [-0.2, -0.15) is 0 Å². The molecule has 1 rings (SSSR count). The average molecular weight is 267 g/mol. The Labute approximate surface area is 108 Å². The maximum absolute atomic E-state index is 11.3. The number of hydrogen-bond donors (Lipinski definition) is 1. The van der Waals surface area contributed by atoms with Crippen LogP contribution in [0.25, 0.3) is 0 Å². The molecular weight excluding hydrogens is 250 g/mol. The number of benzene rings is 1. The maximum atomic E-state index is 11.3. The van der Waals surface area contributed by atoms with E-state index in [-0.39, 0.29) is 17.4 Å². The van der Waals surface area contributed by atoms with Crippen molar-refractivity contribution in [2.75, 3.05) is 6.61 Å². The Kier molecular flexibility index (Phi) is 4.76. The molecule has 0 saturated heterocycles. The van der Waals surface area contributed by atoms with Gasteiger partial charge in [0.15, 0.2) is 0 Å². The third-order valence-corrected chi connectivity index (χ3v) is 3.32. The summed E-state index contributed by atoms with van der Waals surface area (Å²) < 4.78 is 28.1. The molecule has 0 spiro atoms. The second-order valence-corrected chi connectivity index (χ2v) is 5.68. The van der Waals surface area contributed by atoms with Crippen molar-refractivity contribution >= 4 is 10.0 Å². The Balaban J connectivity index is 3.15. The summed E-state index contributed by atoms with van der Waals surface area (Å²) in [6.45, 7) is 5.93. The van der Waals surface area contributed by atoms with Gasteiger partial charge in [-0.05, 0) is 36.6 Å². The van der Waals surface area contributed by atoms with Crippen molar-refractivity contribution in [3.05, 3.63) is 23.8 Å². The van der Waals surface area contributed by atoms with Gasteiger partial charge in [0.1, 0.15) is 12.4 Å². The van der Waals surface area contributed by atoms with Crippen molar-refractivity contribution < 1.29 is 13.2 Å². The molecule has 0 aliphatic carbocycles. The van der Waals surface area contributed by atoms with Crippen LogP contribution < -0.4 is 9.88 Å². The van der Waals surface area contributed by atoms with Gasteiger partial charge in [0.05, 0.1) is 4.90 Å². The molecule has 0 saturated carbocycles. The van der Waals surface area contributed by atoms with E-state index in [0.717, 1.165) is 5.56 Å².